The number of phenols is 1. The van der Waals surface area contributed by atoms with Crippen molar-refractivity contribution in [3.05, 3.63) is 59.5 Å². The van der Waals surface area contributed by atoms with Gasteiger partial charge in [-0.1, -0.05) is 12.1 Å². The van der Waals surface area contributed by atoms with E-state index in [1.54, 1.807) is 12.1 Å². The van der Waals surface area contributed by atoms with Gasteiger partial charge in [0, 0.05) is 6.20 Å². The van der Waals surface area contributed by atoms with Crippen molar-refractivity contribution in [2.45, 2.75) is 20.0 Å². The Morgan fingerprint density at radius 1 is 1.27 bits per heavy atom. The zero-order chi connectivity index (χ0) is 15.5. The average molecular weight is 293 g/mol. The van der Waals surface area contributed by atoms with Crippen LogP contribution in [0.4, 0.5) is 0 Å². The largest absolute Gasteiger partial charge is 0.508 e. The smallest absolute Gasteiger partial charge is 0.180 e. The van der Waals surface area contributed by atoms with Crippen LogP contribution in [0.1, 0.15) is 17.0 Å². The Morgan fingerprint density at radius 2 is 2.05 bits per heavy atom. The number of aromatic nitrogens is 2. The molecule has 0 atom stereocenters. The Morgan fingerprint density at radius 3 is 2.77 bits per heavy atom. The molecule has 0 aliphatic carbocycles. The van der Waals surface area contributed by atoms with Crippen LogP contribution in [0.15, 0.2) is 42.6 Å². The average Bonchev–Trinajstić information content (AvgIpc) is 2.84. The molecule has 0 aliphatic heterocycles. The van der Waals surface area contributed by atoms with E-state index in [-0.39, 0.29) is 5.75 Å². The van der Waals surface area contributed by atoms with Gasteiger partial charge < -0.3 is 9.84 Å². The molecule has 0 bridgehead atoms. The van der Waals surface area contributed by atoms with Crippen LogP contribution < -0.4 is 4.74 Å². The molecule has 0 unspecified atom stereocenters. The molecular formula is C17H15N3O2. The maximum Gasteiger partial charge on any atom is 0.180 e. The third-order valence-electron chi connectivity index (χ3n) is 3.49. The lowest BCUT2D eigenvalue weighted by atomic mass is 10.2. The van der Waals surface area contributed by atoms with Crippen molar-refractivity contribution in [3.63, 3.8) is 0 Å². The number of hydrogen-bond acceptors (Lipinski definition) is 4. The summed E-state index contributed by atoms with van der Waals surface area (Å²) in [7, 11) is 0. The van der Waals surface area contributed by atoms with E-state index in [4.69, 9.17) is 10.00 Å². The molecular weight excluding hydrogens is 278 g/mol. The first-order chi connectivity index (χ1) is 10.7. The molecule has 1 aromatic carbocycles. The lowest BCUT2D eigenvalue weighted by molar-refractivity contribution is 0.308. The molecule has 0 spiro atoms. The topological polar surface area (TPSA) is 70.6 Å². The number of nitrogens with zero attached hydrogens (tertiary/aromatic N) is 3. The highest BCUT2D eigenvalue weighted by Gasteiger charge is 2.12. The highest BCUT2D eigenvalue weighted by Crippen LogP contribution is 2.23. The van der Waals surface area contributed by atoms with E-state index in [2.05, 4.69) is 11.1 Å². The van der Waals surface area contributed by atoms with Gasteiger partial charge in [0.2, 0.25) is 0 Å². The van der Waals surface area contributed by atoms with Crippen molar-refractivity contribution in [2.75, 3.05) is 0 Å². The van der Waals surface area contributed by atoms with Gasteiger partial charge in [-0.05, 0) is 36.8 Å². The van der Waals surface area contributed by atoms with Gasteiger partial charge in [0.1, 0.15) is 12.4 Å². The molecule has 1 N–H and O–H groups in total. The van der Waals surface area contributed by atoms with Crippen molar-refractivity contribution in [2.24, 2.45) is 0 Å². The molecule has 3 aromatic rings. The van der Waals surface area contributed by atoms with Crippen molar-refractivity contribution in [1.29, 1.82) is 5.26 Å². The third-order valence-corrected chi connectivity index (χ3v) is 3.49. The number of pyridine rings is 1. The molecule has 3 rings (SSSR count). The van der Waals surface area contributed by atoms with Crippen LogP contribution in [0.25, 0.3) is 5.65 Å². The first-order valence-electron chi connectivity index (χ1n) is 6.93. The number of hydrogen-bond donors (Lipinski definition) is 1. The van der Waals surface area contributed by atoms with Crippen molar-refractivity contribution in [1.82, 2.24) is 9.38 Å². The Balaban J connectivity index is 1.89. The molecule has 5 heteroatoms. The molecule has 22 heavy (non-hydrogen) atoms. The second-order valence-electron chi connectivity index (χ2n) is 5.00. The highest BCUT2D eigenvalue weighted by molar-refractivity contribution is 5.56. The maximum atomic E-state index is 9.29. The van der Waals surface area contributed by atoms with Gasteiger partial charge in [-0.25, -0.2) is 4.98 Å². The van der Waals surface area contributed by atoms with Crippen LogP contribution in [0.5, 0.6) is 11.5 Å². The number of rotatable bonds is 4. The normalized spacial score (nSPS) is 10.5. The number of benzene rings is 1. The lowest BCUT2D eigenvalue weighted by Gasteiger charge is -2.08. The Hall–Kier alpha value is -3.00. The summed E-state index contributed by atoms with van der Waals surface area (Å²) in [5.74, 6) is 0.902. The third kappa shape index (κ3) is 2.59. The second kappa shape index (κ2) is 5.78. The van der Waals surface area contributed by atoms with Gasteiger partial charge in [-0.15, -0.1) is 0 Å². The summed E-state index contributed by atoms with van der Waals surface area (Å²) in [6, 6.07) is 12.8. The van der Waals surface area contributed by atoms with E-state index >= 15 is 0 Å². The second-order valence-corrected chi connectivity index (χ2v) is 5.00. The minimum Gasteiger partial charge on any atom is -0.508 e. The van der Waals surface area contributed by atoms with Crippen LogP contribution in [-0.2, 0) is 13.0 Å². The Labute approximate surface area is 128 Å². The molecule has 0 saturated heterocycles. The molecule has 2 aromatic heterocycles. The van der Waals surface area contributed by atoms with E-state index in [0.29, 0.717) is 24.4 Å². The van der Waals surface area contributed by atoms with E-state index in [9.17, 15) is 5.11 Å². The molecule has 0 radical (unpaired) electrons. The predicted octanol–water partition coefficient (Wildman–Crippen LogP) is 2.99. The van der Waals surface area contributed by atoms with Crippen LogP contribution in [-0.4, -0.2) is 14.5 Å². The molecule has 110 valence electrons. The summed E-state index contributed by atoms with van der Waals surface area (Å²) in [5, 5.41) is 18.2. The van der Waals surface area contributed by atoms with Crippen molar-refractivity contribution in [3.8, 4) is 17.6 Å². The van der Waals surface area contributed by atoms with Crippen molar-refractivity contribution >= 4 is 5.65 Å². The van der Waals surface area contributed by atoms with E-state index in [0.717, 1.165) is 17.0 Å². The van der Waals surface area contributed by atoms with E-state index in [1.807, 2.05) is 41.8 Å². The number of nitriles is 1. The van der Waals surface area contributed by atoms with E-state index < -0.39 is 0 Å². The zero-order valence-electron chi connectivity index (χ0n) is 12.2. The summed E-state index contributed by atoms with van der Waals surface area (Å²) in [6.45, 7) is 2.28. The lowest BCUT2D eigenvalue weighted by Crippen LogP contribution is -1.98. The SMILES string of the molecule is Cc1nc2c(OCc3ccc(O)cc3)cccn2c1CC#N. The first kappa shape index (κ1) is 14.0. The standard InChI is InChI=1S/C17H15N3O2/c1-12-15(8-9-18)20-10-2-3-16(17(20)19-12)22-11-13-4-6-14(21)7-5-13/h2-7,10,21H,8,11H2,1H3. The van der Waals surface area contributed by atoms with Crippen LogP contribution in [0.2, 0.25) is 0 Å². The molecule has 0 fully saturated rings. The van der Waals surface area contributed by atoms with Crippen LogP contribution in [0.3, 0.4) is 0 Å². The number of imidazole rings is 1. The van der Waals surface area contributed by atoms with E-state index in [1.165, 1.54) is 0 Å². The predicted molar refractivity (Wildman–Crippen MR) is 81.7 cm³/mol. The van der Waals surface area contributed by atoms with Gasteiger partial charge in [0.25, 0.3) is 0 Å². The monoisotopic (exact) mass is 293 g/mol. The zero-order valence-corrected chi connectivity index (χ0v) is 12.2. The number of ether oxygens (including phenoxy) is 1. The molecule has 5 nitrogen and oxygen atoms in total. The minimum absolute atomic E-state index is 0.232. The number of phenolic OH excluding ortho intramolecular Hbond substituents is 1. The molecule has 0 amide bonds. The van der Waals surface area contributed by atoms with Gasteiger partial charge in [-0.3, -0.25) is 4.40 Å². The van der Waals surface area contributed by atoms with Gasteiger partial charge >= 0.3 is 0 Å². The summed E-state index contributed by atoms with van der Waals surface area (Å²) in [5.41, 5.74) is 3.39. The quantitative estimate of drug-likeness (QED) is 0.802. The maximum absolute atomic E-state index is 9.29. The summed E-state index contributed by atoms with van der Waals surface area (Å²) in [4.78, 5) is 4.50. The number of aryl methyl sites for hydroxylation is 1. The Bertz CT molecular complexity index is 845. The van der Waals surface area contributed by atoms with Gasteiger partial charge in [0.15, 0.2) is 11.4 Å². The van der Waals surface area contributed by atoms with Gasteiger partial charge in [-0.2, -0.15) is 5.26 Å². The van der Waals surface area contributed by atoms with Crippen LogP contribution in [0, 0.1) is 18.3 Å². The van der Waals surface area contributed by atoms with Gasteiger partial charge in [0.05, 0.1) is 23.9 Å². The highest BCUT2D eigenvalue weighted by atomic mass is 16.5. The fourth-order valence-electron chi connectivity index (χ4n) is 2.36. The number of aromatic hydroxyl groups is 1. The first-order valence-corrected chi connectivity index (χ1v) is 6.93. The fourth-order valence-corrected chi connectivity index (χ4v) is 2.36. The molecule has 0 aliphatic rings. The van der Waals surface area contributed by atoms with Crippen molar-refractivity contribution < 1.29 is 9.84 Å². The van der Waals surface area contributed by atoms with Crippen LogP contribution >= 0.6 is 0 Å². The minimum atomic E-state index is 0.232. The summed E-state index contributed by atoms with van der Waals surface area (Å²) in [6.07, 6.45) is 2.20. The number of fused-ring (bicyclic) bond motifs is 1. The Kier molecular flexibility index (Phi) is 3.67. The summed E-state index contributed by atoms with van der Waals surface area (Å²) < 4.78 is 7.74. The summed E-state index contributed by atoms with van der Waals surface area (Å²) >= 11 is 0. The fraction of sp³-hybridized carbons (Fsp3) is 0.176. The molecule has 2 heterocycles. The molecule has 0 saturated carbocycles.